The zero-order valence-corrected chi connectivity index (χ0v) is 11.1. The normalized spacial score (nSPS) is 10.9. The molecule has 2 aromatic heterocycles. The zero-order chi connectivity index (χ0) is 12.1. The predicted molar refractivity (Wildman–Crippen MR) is 71.2 cm³/mol. The van der Waals surface area contributed by atoms with Crippen molar-refractivity contribution in [3.63, 3.8) is 0 Å². The van der Waals surface area contributed by atoms with Crippen molar-refractivity contribution >= 4 is 11.3 Å². The van der Waals surface area contributed by atoms with Gasteiger partial charge in [0.2, 0.25) is 0 Å². The number of nitrogens with one attached hydrogen (secondary N) is 1. The van der Waals surface area contributed by atoms with E-state index in [1.54, 1.807) is 11.3 Å². The third kappa shape index (κ3) is 2.96. The first-order chi connectivity index (χ1) is 8.35. The summed E-state index contributed by atoms with van der Waals surface area (Å²) < 4.78 is 5.36. The van der Waals surface area contributed by atoms with Crippen molar-refractivity contribution in [2.45, 2.75) is 33.2 Å². The summed E-state index contributed by atoms with van der Waals surface area (Å²) in [5.74, 6) is 0.915. The monoisotopic (exact) mass is 250 g/mol. The van der Waals surface area contributed by atoms with E-state index in [4.69, 9.17) is 4.52 Å². The van der Waals surface area contributed by atoms with Crippen LogP contribution < -0.4 is 5.32 Å². The Hall–Kier alpha value is -1.13. The molecule has 0 saturated heterocycles. The molecular weight excluding hydrogens is 232 g/mol. The molecule has 2 heterocycles. The van der Waals surface area contributed by atoms with Crippen molar-refractivity contribution in [3.05, 3.63) is 28.8 Å². The lowest BCUT2D eigenvalue weighted by molar-refractivity contribution is 0.432. The van der Waals surface area contributed by atoms with Gasteiger partial charge in [0, 0.05) is 17.0 Å². The molecule has 0 aliphatic heterocycles. The molecule has 0 unspecified atom stereocenters. The molecule has 0 saturated carbocycles. The van der Waals surface area contributed by atoms with Gasteiger partial charge in [0.05, 0.1) is 11.1 Å². The minimum atomic E-state index is 0.825. The Morgan fingerprint density at radius 1 is 1.35 bits per heavy atom. The lowest BCUT2D eigenvalue weighted by Gasteiger charge is -2.01. The van der Waals surface area contributed by atoms with Crippen LogP contribution in [0.1, 0.15) is 30.7 Å². The third-order valence-corrected chi connectivity index (χ3v) is 3.85. The minimum absolute atomic E-state index is 0.825. The fraction of sp³-hybridized carbons (Fsp3) is 0.462. The summed E-state index contributed by atoms with van der Waals surface area (Å²) in [7, 11) is 0. The molecule has 0 bridgehead atoms. The van der Waals surface area contributed by atoms with Crippen LogP contribution in [0.3, 0.4) is 0 Å². The van der Waals surface area contributed by atoms with Crippen LogP contribution in [0, 0.1) is 0 Å². The molecule has 0 aliphatic rings. The van der Waals surface area contributed by atoms with E-state index in [-0.39, 0.29) is 0 Å². The highest BCUT2D eigenvalue weighted by atomic mass is 32.1. The number of hydrogen-bond acceptors (Lipinski definition) is 4. The fourth-order valence-corrected chi connectivity index (χ4v) is 2.64. The maximum Gasteiger partial charge on any atom is 0.181 e. The average molecular weight is 250 g/mol. The highest BCUT2D eigenvalue weighted by Crippen LogP contribution is 2.30. The van der Waals surface area contributed by atoms with Crippen LogP contribution in [-0.4, -0.2) is 11.7 Å². The molecule has 0 spiro atoms. The Bertz CT molecular complexity index is 461. The Labute approximate surface area is 106 Å². The molecule has 2 rings (SSSR count). The van der Waals surface area contributed by atoms with Crippen LogP contribution in [0.2, 0.25) is 0 Å². The molecular formula is C13H18N2OS. The van der Waals surface area contributed by atoms with Crippen LogP contribution in [0.15, 0.2) is 22.9 Å². The standard InChI is InChI=1S/C13H18N2OS/c1-3-7-14-8-10-9-15-16-13(10)12-6-5-11(4-2)17-12/h5-6,9,14H,3-4,7-8H2,1-2H3. The van der Waals surface area contributed by atoms with Crippen molar-refractivity contribution in [1.29, 1.82) is 0 Å². The molecule has 0 aliphatic carbocycles. The quantitative estimate of drug-likeness (QED) is 0.798. The molecule has 1 N–H and O–H groups in total. The van der Waals surface area contributed by atoms with Crippen LogP contribution in [0.4, 0.5) is 0 Å². The summed E-state index contributed by atoms with van der Waals surface area (Å²) >= 11 is 1.78. The fourth-order valence-electron chi connectivity index (χ4n) is 1.68. The van der Waals surface area contributed by atoms with Crippen molar-refractivity contribution in [1.82, 2.24) is 10.5 Å². The van der Waals surface area contributed by atoms with Gasteiger partial charge in [0.15, 0.2) is 5.76 Å². The Morgan fingerprint density at radius 3 is 2.94 bits per heavy atom. The highest BCUT2D eigenvalue weighted by Gasteiger charge is 2.12. The molecule has 17 heavy (non-hydrogen) atoms. The predicted octanol–water partition coefficient (Wildman–Crippen LogP) is 3.47. The van der Waals surface area contributed by atoms with Gasteiger partial charge in [0.25, 0.3) is 0 Å². The first kappa shape index (κ1) is 12.3. The van der Waals surface area contributed by atoms with E-state index < -0.39 is 0 Å². The molecule has 0 aromatic carbocycles. The lowest BCUT2D eigenvalue weighted by atomic mass is 10.2. The molecule has 0 amide bonds. The topological polar surface area (TPSA) is 38.1 Å². The minimum Gasteiger partial charge on any atom is -0.355 e. The average Bonchev–Trinajstić information content (AvgIpc) is 2.96. The van der Waals surface area contributed by atoms with Gasteiger partial charge in [0.1, 0.15) is 0 Å². The summed E-state index contributed by atoms with van der Waals surface area (Å²) in [6, 6.07) is 4.28. The maximum atomic E-state index is 5.36. The highest BCUT2D eigenvalue weighted by molar-refractivity contribution is 7.15. The Kier molecular flexibility index (Phi) is 4.34. The van der Waals surface area contributed by atoms with E-state index in [1.165, 1.54) is 9.75 Å². The molecule has 0 atom stereocenters. The smallest absolute Gasteiger partial charge is 0.181 e. The molecule has 0 radical (unpaired) electrons. The number of aryl methyl sites for hydroxylation is 1. The van der Waals surface area contributed by atoms with E-state index in [0.717, 1.165) is 37.3 Å². The summed E-state index contributed by atoms with van der Waals surface area (Å²) in [5.41, 5.74) is 1.14. The SMILES string of the molecule is CCCNCc1cnoc1-c1ccc(CC)s1. The summed E-state index contributed by atoms with van der Waals surface area (Å²) in [5, 5.41) is 7.28. The van der Waals surface area contributed by atoms with Crippen molar-refractivity contribution in [2.75, 3.05) is 6.54 Å². The van der Waals surface area contributed by atoms with Crippen LogP contribution in [0.25, 0.3) is 10.6 Å². The Balaban J connectivity index is 2.12. The zero-order valence-electron chi connectivity index (χ0n) is 10.3. The summed E-state index contributed by atoms with van der Waals surface area (Å²) in [6.45, 7) is 6.18. The van der Waals surface area contributed by atoms with Gasteiger partial charge in [-0.25, -0.2) is 0 Å². The maximum absolute atomic E-state index is 5.36. The van der Waals surface area contributed by atoms with Gasteiger partial charge in [-0.15, -0.1) is 11.3 Å². The van der Waals surface area contributed by atoms with E-state index in [0.29, 0.717) is 0 Å². The third-order valence-electron chi connectivity index (χ3n) is 2.62. The number of rotatable bonds is 6. The van der Waals surface area contributed by atoms with Gasteiger partial charge in [-0.2, -0.15) is 0 Å². The first-order valence-electron chi connectivity index (χ1n) is 6.08. The van der Waals surface area contributed by atoms with E-state index >= 15 is 0 Å². The molecule has 2 aromatic rings. The number of aromatic nitrogens is 1. The van der Waals surface area contributed by atoms with Crippen LogP contribution in [-0.2, 0) is 13.0 Å². The number of thiophene rings is 1. The van der Waals surface area contributed by atoms with E-state index in [9.17, 15) is 0 Å². The van der Waals surface area contributed by atoms with Crippen LogP contribution in [0.5, 0.6) is 0 Å². The van der Waals surface area contributed by atoms with E-state index in [1.807, 2.05) is 6.20 Å². The van der Waals surface area contributed by atoms with Gasteiger partial charge >= 0.3 is 0 Å². The number of nitrogens with zero attached hydrogens (tertiary/aromatic N) is 1. The summed E-state index contributed by atoms with van der Waals surface area (Å²) in [6.07, 6.45) is 4.02. The first-order valence-corrected chi connectivity index (χ1v) is 6.90. The van der Waals surface area contributed by atoms with Gasteiger partial charge in [-0.05, 0) is 31.5 Å². The lowest BCUT2D eigenvalue weighted by Crippen LogP contribution is -2.13. The second kappa shape index (κ2) is 5.98. The Morgan fingerprint density at radius 2 is 2.24 bits per heavy atom. The van der Waals surface area contributed by atoms with Gasteiger partial charge in [-0.1, -0.05) is 19.0 Å². The molecule has 3 nitrogen and oxygen atoms in total. The van der Waals surface area contributed by atoms with Crippen molar-refractivity contribution in [3.8, 4) is 10.6 Å². The van der Waals surface area contributed by atoms with E-state index in [2.05, 4.69) is 36.5 Å². The second-order valence-corrected chi connectivity index (χ2v) is 5.14. The van der Waals surface area contributed by atoms with Crippen molar-refractivity contribution in [2.24, 2.45) is 0 Å². The molecule has 92 valence electrons. The second-order valence-electron chi connectivity index (χ2n) is 3.98. The van der Waals surface area contributed by atoms with Gasteiger partial charge in [-0.3, -0.25) is 0 Å². The molecule has 4 heteroatoms. The van der Waals surface area contributed by atoms with Crippen molar-refractivity contribution < 1.29 is 4.52 Å². The number of hydrogen-bond donors (Lipinski definition) is 1. The van der Waals surface area contributed by atoms with Gasteiger partial charge < -0.3 is 9.84 Å². The summed E-state index contributed by atoms with van der Waals surface area (Å²) in [4.78, 5) is 2.55. The van der Waals surface area contributed by atoms with Crippen LogP contribution >= 0.6 is 11.3 Å². The largest absolute Gasteiger partial charge is 0.355 e. The molecule has 0 fully saturated rings.